The molecule has 1 aliphatic rings. The predicted octanol–water partition coefficient (Wildman–Crippen LogP) is 1.36. The molecule has 0 spiro atoms. The molecule has 2 rings (SSSR count). The smallest absolute Gasteiger partial charge is 0.303 e. The first-order valence-electron chi connectivity index (χ1n) is 5.72. The first-order valence-corrected chi connectivity index (χ1v) is 5.72. The number of nitriles is 1. The SMILES string of the molecule is N#Cc1cnn(C2CCCC(CC(=O)O)C2)n1. The monoisotopic (exact) mass is 234 g/mol. The molecular formula is C11H14N4O2. The van der Waals surface area contributed by atoms with Crippen molar-refractivity contribution < 1.29 is 9.90 Å². The number of rotatable bonds is 3. The number of aromatic nitrogens is 3. The Morgan fingerprint density at radius 1 is 1.65 bits per heavy atom. The molecule has 0 radical (unpaired) electrons. The maximum Gasteiger partial charge on any atom is 0.303 e. The van der Waals surface area contributed by atoms with Gasteiger partial charge in [0.2, 0.25) is 0 Å². The summed E-state index contributed by atoms with van der Waals surface area (Å²) in [5.74, 6) is -0.551. The summed E-state index contributed by atoms with van der Waals surface area (Å²) >= 11 is 0. The third kappa shape index (κ3) is 2.81. The fraction of sp³-hybridized carbons (Fsp3) is 0.636. The van der Waals surface area contributed by atoms with Crippen molar-refractivity contribution in [3.63, 3.8) is 0 Å². The van der Waals surface area contributed by atoms with Gasteiger partial charge in [-0.15, -0.1) is 5.10 Å². The van der Waals surface area contributed by atoms with Crippen LogP contribution in [0, 0.1) is 17.2 Å². The second-order valence-corrected chi connectivity index (χ2v) is 4.45. The van der Waals surface area contributed by atoms with E-state index >= 15 is 0 Å². The third-order valence-corrected chi connectivity index (χ3v) is 3.17. The Bertz CT molecular complexity index is 449. The second-order valence-electron chi connectivity index (χ2n) is 4.45. The van der Waals surface area contributed by atoms with Gasteiger partial charge in [0.15, 0.2) is 5.69 Å². The van der Waals surface area contributed by atoms with E-state index in [0.29, 0.717) is 5.69 Å². The molecule has 1 fully saturated rings. The highest BCUT2D eigenvalue weighted by molar-refractivity contribution is 5.67. The molecule has 1 saturated carbocycles. The molecule has 0 saturated heterocycles. The number of carboxylic acids is 1. The molecule has 1 aliphatic carbocycles. The first-order chi connectivity index (χ1) is 8.19. The van der Waals surface area contributed by atoms with Crippen molar-refractivity contribution in [1.82, 2.24) is 15.0 Å². The zero-order valence-electron chi connectivity index (χ0n) is 9.41. The summed E-state index contributed by atoms with van der Waals surface area (Å²) in [5, 5.41) is 25.6. The summed E-state index contributed by atoms with van der Waals surface area (Å²) in [4.78, 5) is 12.2. The van der Waals surface area contributed by atoms with Gasteiger partial charge < -0.3 is 5.11 Å². The molecule has 17 heavy (non-hydrogen) atoms. The van der Waals surface area contributed by atoms with Crippen molar-refractivity contribution in [3.8, 4) is 6.07 Å². The minimum atomic E-state index is -0.748. The molecule has 1 aromatic rings. The van der Waals surface area contributed by atoms with Gasteiger partial charge in [0.1, 0.15) is 6.07 Å². The van der Waals surface area contributed by atoms with Crippen molar-refractivity contribution in [1.29, 1.82) is 5.26 Å². The maximum absolute atomic E-state index is 10.7. The summed E-state index contributed by atoms with van der Waals surface area (Å²) in [6.45, 7) is 0. The number of hydrogen-bond donors (Lipinski definition) is 1. The van der Waals surface area contributed by atoms with Crippen LogP contribution in [-0.4, -0.2) is 26.1 Å². The van der Waals surface area contributed by atoms with Crippen LogP contribution in [0.4, 0.5) is 0 Å². The third-order valence-electron chi connectivity index (χ3n) is 3.17. The van der Waals surface area contributed by atoms with Crippen molar-refractivity contribution in [3.05, 3.63) is 11.9 Å². The van der Waals surface area contributed by atoms with E-state index in [1.807, 2.05) is 6.07 Å². The quantitative estimate of drug-likeness (QED) is 0.852. The average molecular weight is 234 g/mol. The topological polar surface area (TPSA) is 91.8 Å². The van der Waals surface area contributed by atoms with Crippen LogP contribution in [0.1, 0.15) is 43.8 Å². The van der Waals surface area contributed by atoms with Gasteiger partial charge in [-0.25, -0.2) is 0 Å². The Balaban J connectivity index is 2.02. The van der Waals surface area contributed by atoms with Gasteiger partial charge in [-0.2, -0.15) is 15.2 Å². The molecular weight excluding hydrogens is 220 g/mol. The van der Waals surface area contributed by atoms with Crippen LogP contribution in [0.15, 0.2) is 6.20 Å². The van der Waals surface area contributed by atoms with Crippen LogP contribution in [-0.2, 0) is 4.79 Å². The summed E-state index contributed by atoms with van der Waals surface area (Å²) < 4.78 is 0. The zero-order valence-corrected chi connectivity index (χ0v) is 9.41. The van der Waals surface area contributed by atoms with Crippen LogP contribution < -0.4 is 0 Å². The Kier molecular flexibility index (Phi) is 3.38. The van der Waals surface area contributed by atoms with Gasteiger partial charge in [0, 0.05) is 6.42 Å². The summed E-state index contributed by atoms with van der Waals surface area (Å²) in [5.41, 5.74) is 0.311. The first kappa shape index (κ1) is 11.6. The minimum Gasteiger partial charge on any atom is -0.481 e. The number of aliphatic carboxylic acids is 1. The molecule has 6 nitrogen and oxygen atoms in total. The molecule has 2 unspecified atom stereocenters. The molecule has 1 heterocycles. The van der Waals surface area contributed by atoms with E-state index in [1.54, 1.807) is 4.80 Å². The fourth-order valence-corrected chi connectivity index (χ4v) is 2.41. The lowest BCUT2D eigenvalue weighted by atomic mass is 9.84. The molecule has 1 aromatic heterocycles. The second kappa shape index (κ2) is 4.95. The van der Waals surface area contributed by atoms with Gasteiger partial charge in [0.05, 0.1) is 12.2 Å². The lowest BCUT2D eigenvalue weighted by Gasteiger charge is -2.27. The summed E-state index contributed by atoms with van der Waals surface area (Å²) in [6.07, 6.45) is 5.34. The van der Waals surface area contributed by atoms with E-state index in [9.17, 15) is 4.79 Å². The standard InChI is InChI=1S/C11H14N4O2/c12-6-9-7-13-15(14-9)10-3-1-2-8(4-10)5-11(16)17/h7-8,10H,1-5H2,(H,16,17). The number of nitrogens with zero attached hydrogens (tertiary/aromatic N) is 4. The Labute approximate surface area is 98.9 Å². The Hall–Kier alpha value is -1.90. The van der Waals surface area contributed by atoms with E-state index < -0.39 is 5.97 Å². The molecule has 0 amide bonds. The largest absolute Gasteiger partial charge is 0.481 e. The Morgan fingerprint density at radius 3 is 3.12 bits per heavy atom. The van der Waals surface area contributed by atoms with Crippen molar-refractivity contribution >= 4 is 5.97 Å². The van der Waals surface area contributed by atoms with Crippen LogP contribution in [0.2, 0.25) is 0 Å². The van der Waals surface area contributed by atoms with Crippen molar-refractivity contribution in [2.75, 3.05) is 0 Å². The molecule has 6 heteroatoms. The van der Waals surface area contributed by atoms with E-state index in [1.165, 1.54) is 6.20 Å². The molecule has 1 N–H and O–H groups in total. The summed E-state index contributed by atoms with van der Waals surface area (Å²) in [7, 11) is 0. The number of carboxylic acid groups (broad SMARTS) is 1. The van der Waals surface area contributed by atoms with E-state index in [-0.39, 0.29) is 18.4 Å². The molecule has 0 aliphatic heterocycles. The van der Waals surface area contributed by atoms with Crippen LogP contribution in [0.25, 0.3) is 0 Å². The highest BCUT2D eigenvalue weighted by Gasteiger charge is 2.26. The normalized spacial score (nSPS) is 24.2. The summed E-state index contributed by atoms with van der Waals surface area (Å²) in [6, 6.07) is 2.08. The fourth-order valence-electron chi connectivity index (χ4n) is 2.41. The zero-order chi connectivity index (χ0) is 12.3. The van der Waals surface area contributed by atoms with Gasteiger partial charge in [0.25, 0.3) is 0 Å². The molecule has 90 valence electrons. The lowest BCUT2D eigenvalue weighted by Crippen LogP contribution is -2.22. The van der Waals surface area contributed by atoms with E-state index in [4.69, 9.17) is 10.4 Å². The Morgan fingerprint density at radius 2 is 2.47 bits per heavy atom. The van der Waals surface area contributed by atoms with Gasteiger partial charge in [-0.3, -0.25) is 4.79 Å². The van der Waals surface area contributed by atoms with E-state index in [0.717, 1.165) is 25.7 Å². The maximum atomic E-state index is 10.7. The predicted molar refractivity (Wildman–Crippen MR) is 58.0 cm³/mol. The van der Waals surface area contributed by atoms with Gasteiger partial charge in [-0.1, -0.05) is 6.42 Å². The van der Waals surface area contributed by atoms with Crippen molar-refractivity contribution in [2.45, 2.75) is 38.1 Å². The van der Waals surface area contributed by atoms with Crippen LogP contribution in [0.5, 0.6) is 0 Å². The highest BCUT2D eigenvalue weighted by atomic mass is 16.4. The van der Waals surface area contributed by atoms with Crippen LogP contribution in [0.3, 0.4) is 0 Å². The number of carbonyl (C=O) groups is 1. The van der Waals surface area contributed by atoms with E-state index in [2.05, 4.69) is 10.2 Å². The minimum absolute atomic E-state index is 0.134. The van der Waals surface area contributed by atoms with Gasteiger partial charge >= 0.3 is 5.97 Å². The number of hydrogen-bond acceptors (Lipinski definition) is 4. The van der Waals surface area contributed by atoms with Gasteiger partial charge in [-0.05, 0) is 25.2 Å². The molecule has 0 aromatic carbocycles. The van der Waals surface area contributed by atoms with Crippen LogP contribution >= 0.6 is 0 Å². The lowest BCUT2D eigenvalue weighted by molar-refractivity contribution is -0.138. The molecule has 2 atom stereocenters. The average Bonchev–Trinajstić information content (AvgIpc) is 2.77. The highest BCUT2D eigenvalue weighted by Crippen LogP contribution is 2.33. The van der Waals surface area contributed by atoms with Crippen molar-refractivity contribution in [2.24, 2.45) is 5.92 Å². The molecule has 0 bridgehead atoms.